The van der Waals surface area contributed by atoms with E-state index in [0.717, 1.165) is 5.56 Å². The number of ether oxygens (including phenoxy) is 1. The highest BCUT2D eigenvalue weighted by Crippen LogP contribution is 2.39. The van der Waals surface area contributed by atoms with Crippen molar-refractivity contribution in [3.8, 4) is 5.75 Å². The van der Waals surface area contributed by atoms with E-state index in [-0.39, 0.29) is 23.9 Å². The number of nitrogens with zero attached hydrogens (tertiary/aromatic N) is 2. The Morgan fingerprint density at radius 2 is 2.38 bits per heavy atom. The summed E-state index contributed by atoms with van der Waals surface area (Å²) < 4.78 is 21.8. The van der Waals surface area contributed by atoms with Crippen LogP contribution in [0.15, 0.2) is 39.9 Å². The normalized spacial score (nSPS) is 17.0. The fourth-order valence-corrected chi connectivity index (χ4v) is 3.20. The van der Waals surface area contributed by atoms with E-state index in [9.17, 15) is 9.18 Å². The number of pyridine rings is 1. The van der Waals surface area contributed by atoms with Crippen molar-refractivity contribution in [2.75, 3.05) is 6.61 Å². The molecule has 2 aromatic heterocycles. The Hall–Kier alpha value is -2.15. The van der Waals surface area contributed by atoms with Crippen molar-refractivity contribution in [1.82, 2.24) is 14.5 Å². The number of aromatic amines is 1. The number of benzene rings is 1. The maximum absolute atomic E-state index is 14.0. The Morgan fingerprint density at radius 3 is 3.14 bits per heavy atom. The SMILES string of the molecule is O=c1[nH]c2c(F)cc(Br)c3c2n1C(c1cccnc1)CO3. The highest BCUT2D eigenvalue weighted by Gasteiger charge is 2.29. The van der Waals surface area contributed by atoms with Crippen LogP contribution >= 0.6 is 15.9 Å². The van der Waals surface area contributed by atoms with Crippen LogP contribution < -0.4 is 10.4 Å². The van der Waals surface area contributed by atoms with Crippen molar-refractivity contribution in [3.05, 3.63) is 56.9 Å². The summed E-state index contributed by atoms with van der Waals surface area (Å²) in [5, 5.41) is 0. The molecular formula is C14H9BrFN3O2. The number of halogens is 2. The molecule has 1 N–H and O–H groups in total. The average molecular weight is 350 g/mol. The molecule has 1 aliphatic heterocycles. The van der Waals surface area contributed by atoms with Crippen LogP contribution in [-0.4, -0.2) is 21.1 Å². The maximum atomic E-state index is 14.0. The van der Waals surface area contributed by atoms with E-state index >= 15 is 0 Å². The number of nitrogens with one attached hydrogen (secondary N) is 1. The van der Waals surface area contributed by atoms with Gasteiger partial charge in [0, 0.05) is 12.4 Å². The van der Waals surface area contributed by atoms with Crippen LogP contribution in [0.25, 0.3) is 11.0 Å². The van der Waals surface area contributed by atoms with Crippen LogP contribution in [0.3, 0.4) is 0 Å². The van der Waals surface area contributed by atoms with E-state index in [0.29, 0.717) is 15.7 Å². The molecule has 21 heavy (non-hydrogen) atoms. The predicted molar refractivity (Wildman–Crippen MR) is 78.1 cm³/mol. The largest absolute Gasteiger partial charge is 0.488 e. The topological polar surface area (TPSA) is 59.9 Å². The smallest absolute Gasteiger partial charge is 0.327 e. The average Bonchev–Trinajstić information content (AvgIpc) is 2.85. The first-order valence-corrected chi connectivity index (χ1v) is 7.11. The minimum Gasteiger partial charge on any atom is -0.488 e. The molecule has 0 fully saturated rings. The first-order chi connectivity index (χ1) is 10.2. The molecule has 0 radical (unpaired) electrons. The van der Waals surface area contributed by atoms with E-state index < -0.39 is 5.82 Å². The zero-order valence-corrected chi connectivity index (χ0v) is 12.2. The minimum atomic E-state index is -0.494. The van der Waals surface area contributed by atoms with Crippen molar-refractivity contribution < 1.29 is 9.13 Å². The van der Waals surface area contributed by atoms with Gasteiger partial charge in [0.25, 0.3) is 0 Å². The third-order valence-corrected chi connectivity index (χ3v) is 4.21. The Morgan fingerprint density at radius 1 is 1.52 bits per heavy atom. The van der Waals surface area contributed by atoms with Gasteiger partial charge in [-0.05, 0) is 33.6 Å². The van der Waals surface area contributed by atoms with Crippen LogP contribution in [-0.2, 0) is 0 Å². The van der Waals surface area contributed by atoms with Crippen LogP contribution in [0.2, 0.25) is 0 Å². The summed E-state index contributed by atoms with van der Waals surface area (Å²) in [5.41, 5.74) is 1.07. The summed E-state index contributed by atoms with van der Waals surface area (Å²) in [7, 11) is 0. The van der Waals surface area contributed by atoms with E-state index in [1.165, 1.54) is 10.6 Å². The fraction of sp³-hybridized carbons (Fsp3) is 0.143. The van der Waals surface area contributed by atoms with Gasteiger partial charge in [-0.1, -0.05) is 6.07 Å². The van der Waals surface area contributed by atoms with Gasteiger partial charge in [-0.25, -0.2) is 9.18 Å². The molecule has 3 heterocycles. The molecule has 7 heteroatoms. The monoisotopic (exact) mass is 349 g/mol. The second-order valence-corrected chi connectivity index (χ2v) is 5.66. The van der Waals surface area contributed by atoms with Gasteiger partial charge in [0.1, 0.15) is 23.5 Å². The Kier molecular flexibility index (Phi) is 2.65. The highest BCUT2D eigenvalue weighted by molar-refractivity contribution is 9.10. The van der Waals surface area contributed by atoms with E-state index in [4.69, 9.17) is 4.74 Å². The second-order valence-electron chi connectivity index (χ2n) is 4.81. The van der Waals surface area contributed by atoms with E-state index in [1.54, 1.807) is 18.5 Å². The zero-order chi connectivity index (χ0) is 14.6. The molecule has 1 aromatic carbocycles. The fourth-order valence-electron chi connectivity index (χ4n) is 2.70. The summed E-state index contributed by atoms with van der Waals surface area (Å²) in [5.74, 6) is -0.0169. The van der Waals surface area contributed by atoms with Crippen molar-refractivity contribution in [1.29, 1.82) is 0 Å². The highest BCUT2D eigenvalue weighted by atomic mass is 79.9. The molecule has 106 valence electrons. The predicted octanol–water partition coefficient (Wildman–Crippen LogP) is 2.61. The minimum absolute atomic E-state index is 0.159. The zero-order valence-electron chi connectivity index (χ0n) is 10.6. The van der Waals surface area contributed by atoms with Gasteiger partial charge < -0.3 is 9.72 Å². The van der Waals surface area contributed by atoms with E-state index in [1.807, 2.05) is 6.07 Å². The molecule has 1 aliphatic rings. The first kappa shape index (κ1) is 12.6. The Labute approximate surface area is 126 Å². The number of aromatic nitrogens is 3. The number of rotatable bonds is 1. The van der Waals surface area contributed by atoms with Crippen LogP contribution in [0, 0.1) is 5.82 Å². The van der Waals surface area contributed by atoms with Gasteiger partial charge in [0.05, 0.1) is 10.5 Å². The summed E-state index contributed by atoms with van der Waals surface area (Å²) in [6, 6.07) is 4.62. The number of hydrogen-bond acceptors (Lipinski definition) is 3. The van der Waals surface area contributed by atoms with Crippen molar-refractivity contribution in [2.45, 2.75) is 6.04 Å². The molecule has 4 rings (SSSR count). The van der Waals surface area contributed by atoms with Gasteiger partial charge in [0.15, 0.2) is 5.75 Å². The van der Waals surface area contributed by atoms with Crippen molar-refractivity contribution in [3.63, 3.8) is 0 Å². The summed E-state index contributed by atoms with van der Waals surface area (Å²) >= 11 is 3.28. The summed E-state index contributed by atoms with van der Waals surface area (Å²) in [6.45, 7) is 0.287. The van der Waals surface area contributed by atoms with Gasteiger partial charge in [-0.15, -0.1) is 0 Å². The molecule has 0 amide bonds. The third-order valence-electron chi connectivity index (χ3n) is 3.62. The lowest BCUT2D eigenvalue weighted by molar-refractivity contribution is 0.254. The second kappa shape index (κ2) is 4.42. The maximum Gasteiger partial charge on any atom is 0.327 e. The Balaban J connectivity index is 2.07. The standard InChI is InChI=1S/C14H9BrFN3O2/c15-8-4-9(16)11-12-13(8)21-6-10(19(12)14(20)18-11)7-2-1-3-17-5-7/h1-5,10H,6H2,(H,18,20). The molecule has 0 spiro atoms. The lowest BCUT2D eigenvalue weighted by Gasteiger charge is -2.25. The molecule has 0 aliphatic carbocycles. The van der Waals surface area contributed by atoms with Gasteiger partial charge in [-0.2, -0.15) is 0 Å². The number of imidazole rings is 1. The van der Waals surface area contributed by atoms with Crippen LogP contribution in [0.1, 0.15) is 11.6 Å². The first-order valence-electron chi connectivity index (χ1n) is 6.31. The lowest BCUT2D eigenvalue weighted by atomic mass is 10.1. The molecule has 5 nitrogen and oxygen atoms in total. The summed E-state index contributed by atoms with van der Waals surface area (Å²) in [6.07, 6.45) is 3.34. The molecule has 0 saturated carbocycles. The number of hydrogen-bond donors (Lipinski definition) is 1. The van der Waals surface area contributed by atoms with Crippen LogP contribution in [0.4, 0.5) is 4.39 Å². The molecular weight excluding hydrogens is 341 g/mol. The Bertz CT molecular complexity index is 904. The van der Waals surface area contributed by atoms with E-state index in [2.05, 4.69) is 25.9 Å². The summed E-state index contributed by atoms with van der Waals surface area (Å²) in [4.78, 5) is 18.9. The van der Waals surface area contributed by atoms with Crippen molar-refractivity contribution in [2.24, 2.45) is 0 Å². The molecule has 0 saturated heterocycles. The van der Waals surface area contributed by atoms with Gasteiger partial charge in [-0.3, -0.25) is 9.55 Å². The number of H-pyrrole nitrogens is 1. The third kappa shape index (κ3) is 1.73. The molecule has 1 unspecified atom stereocenters. The lowest BCUT2D eigenvalue weighted by Crippen LogP contribution is -2.30. The van der Waals surface area contributed by atoms with Crippen molar-refractivity contribution >= 4 is 27.0 Å². The quantitative estimate of drug-likeness (QED) is 0.734. The molecule has 0 bridgehead atoms. The van der Waals surface area contributed by atoms with Gasteiger partial charge >= 0.3 is 5.69 Å². The van der Waals surface area contributed by atoms with Gasteiger partial charge in [0.2, 0.25) is 0 Å². The molecule has 3 aromatic rings. The van der Waals surface area contributed by atoms with Crippen LogP contribution in [0.5, 0.6) is 5.75 Å². The molecule has 1 atom stereocenters.